The number of rotatable bonds is 5. The van der Waals surface area contributed by atoms with E-state index in [1.807, 2.05) is 44.2 Å². The van der Waals surface area contributed by atoms with E-state index in [4.69, 9.17) is 0 Å². The first-order valence-corrected chi connectivity index (χ1v) is 10.3. The average Bonchev–Trinajstić information content (AvgIpc) is 3.27. The number of anilines is 1. The predicted octanol–water partition coefficient (Wildman–Crippen LogP) is 3.62. The van der Waals surface area contributed by atoms with E-state index in [0.717, 1.165) is 25.8 Å². The number of amides is 1. The van der Waals surface area contributed by atoms with Gasteiger partial charge in [0.1, 0.15) is 9.84 Å². The quantitative estimate of drug-likeness (QED) is 0.542. The van der Waals surface area contributed by atoms with Gasteiger partial charge in [-0.15, -0.1) is 21.5 Å². The highest BCUT2D eigenvalue weighted by Crippen LogP contribution is 2.26. The lowest BCUT2D eigenvalue weighted by Gasteiger charge is -2.05. The van der Waals surface area contributed by atoms with E-state index in [2.05, 4.69) is 20.5 Å². The van der Waals surface area contributed by atoms with Gasteiger partial charge < -0.3 is 5.32 Å². The molecule has 0 fully saturated rings. The van der Waals surface area contributed by atoms with Gasteiger partial charge in [-0.3, -0.25) is 14.2 Å². The van der Waals surface area contributed by atoms with Crippen LogP contribution in [0.5, 0.6) is 0 Å². The Bertz CT molecular complexity index is 1210. The van der Waals surface area contributed by atoms with Crippen LogP contribution >= 0.6 is 22.7 Å². The molecule has 1 amide bonds. The van der Waals surface area contributed by atoms with E-state index in [9.17, 15) is 9.59 Å². The van der Waals surface area contributed by atoms with Gasteiger partial charge in [0, 0.05) is 23.4 Å². The Morgan fingerprint density at radius 2 is 1.93 bits per heavy atom. The minimum absolute atomic E-state index is 0.109. The van der Waals surface area contributed by atoms with Gasteiger partial charge >= 0.3 is 0 Å². The average molecular weight is 412 g/mol. The van der Waals surface area contributed by atoms with Crippen molar-refractivity contribution in [2.24, 2.45) is 0 Å². The Kier molecular flexibility index (Phi) is 5.01. The zero-order chi connectivity index (χ0) is 19.7. The molecule has 142 valence electrons. The maximum Gasteiger partial charge on any atom is 0.262 e. The zero-order valence-corrected chi connectivity index (χ0v) is 16.9. The summed E-state index contributed by atoms with van der Waals surface area (Å²) in [4.78, 5) is 31.1. The smallest absolute Gasteiger partial charge is 0.262 e. The van der Waals surface area contributed by atoms with Gasteiger partial charge in [-0.2, -0.15) is 0 Å². The molecule has 1 aromatic carbocycles. The molecule has 28 heavy (non-hydrogen) atoms. The normalized spacial score (nSPS) is 11.1. The maximum absolute atomic E-state index is 12.7. The van der Waals surface area contributed by atoms with Gasteiger partial charge in [-0.25, -0.2) is 4.98 Å². The lowest BCUT2D eigenvalue weighted by molar-refractivity contribution is -0.116. The van der Waals surface area contributed by atoms with Crippen LogP contribution in [0.3, 0.4) is 0 Å². The third-order valence-corrected chi connectivity index (χ3v) is 6.43. The second-order valence-corrected chi connectivity index (χ2v) is 8.46. The van der Waals surface area contributed by atoms with E-state index in [1.165, 1.54) is 33.6 Å². The van der Waals surface area contributed by atoms with Crippen LogP contribution in [0.4, 0.5) is 5.13 Å². The Morgan fingerprint density at radius 1 is 1.14 bits per heavy atom. The van der Waals surface area contributed by atoms with Crippen LogP contribution in [0.2, 0.25) is 0 Å². The van der Waals surface area contributed by atoms with Crippen molar-refractivity contribution in [1.82, 2.24) is 19.7 Å². The molecule has 9 heteroatoms. The lowest BCUT2D eigenvalue weighted by atomic mass is 10.2. The number of nitrogens with zero attached hydrogens (tertiary/aromatic N) is 4. The molecule has 0 saturated carbocycles. The number of carbonyl (C=O) groups excluding carboxylic acids is 1. The van der Waals surface area contributed by atoms with Crippen LogP contribution in [0.25, 0.3) is 20.8 Å². The number of nitrogens with one attached hydrogen (secondary N) is 1. The van der Waals surface area contributed by atoms with Crippen LogP contribution in [0.1, 0.15) is 16.9 Å². The Labute approximate surface area is 168 Å². The molecule has 3 heterocycles. The number of hydrogen-bond acceptors (Lipinski definition) is 7. The van der Waals surface area contributed by atoms with Gasteiger partial charge in [0.05, 0.1) is 11.7 Å². The minimum Gasteiger partial charge on any atom is -0.300 e. The molecule has 7 nitrogen and oxygen atoms in total. The van der Waals surface area contributed by atoms with E-state index in [-0.39, 0.29) is 24.4 Å². The molecule has 0 radical (unpaired) electrons. The number of fused-ring (bicyclic) bond motifs is 1. The van der Waals surface area contributed by atoms with Gasteiger partial charge in [0.2, 0.25) is 11.0 Å². The predicted molar refractivity (Wildman–Crippen MR) is 112 cm³/mol. The standard InChI is InChI=1S/C19H17N5O2S2/c1-11-12(2)27-17-15(11)18(26)24(10-20-17)9-8-14(25)21-19-23-22-16(28-19)13-6-4-3-5-7-13/h3-7,10H,8-9H2,1-2H3,(H,21,23,25). The lowest BCUT2D eigenvalue weighted by Crippen LogP contribution is -2.23. The van der Waals surface area contributed by atoms with E-state index < -0.39 is 0 Å². The summed E-state index contributed by atoms with van der Waals surface area (Å²) in [6.07, 6.45) is 1.65. The second-order valence-electron chi connectivity index (χ2n) is 6.28. The van der Waals surface area contributed by atoms with Crippen LogP contribution in [0.15, 0.2) is 41.5 Å². The Morgan fingerprint density at radius 3 is 2.71 bits per heavy atom. The van der Waals surface area contributed by atoms with Crippen molar-refractivity contribution in [2.45, 2.75) is 26.8 Å². The van der Waals surface area contributed by atoms with E-state index in [0.29, 0.717) is 10.5 Å². The monoisotopic (exact) mass is 411 g/mol. The number of hydrogen-bond donors (Lipinski definition) is 1. The molecule has 0 aliphatic carbocycles. The number of benzene rings is 1. The number of thiophene rings is 1. The van der Waals surface area contributed by atoms with Gasteiger partial charge in [0.15, 0.2) is 0 Å². The van der Waals surface area contributed by atoms with Gasteiger partial charge in [0.25, 0.3) is 5.56 Å². The molecule has 0 saturated heterocycles. The Balaban J connectivity index is 1.43. The molecule has 0 aliphatic heterocycles. The summed E-state index contributed by atoms with van der Waals surface area (Å²) >= 11 is 2.82. The molecule has 1 N–H and O–H groups in total. The third-order valence-electron chi connectivity index (χ3n) is 4.43. The first-order chi connectivity index (χ1) is 13.5. The van der Waals surface area contributed by atoms with Gasteiger partial charge in [-0.05, 0) is 19.4 Å². The molecule has 0 unspecified atom stereocenters. The Hall–Kier alpha value is -2.91. The summed E-state index contributed by atoms with van der Waals surface area (Å²) < 4.78 is 1.48. The minimum atomic E-state index is -0.221. The summed E-state index contributed by atoms with van der Waals surface area (Å²) in [6.45, 7) is 4.16. The van der Waals surface area contributed by atoms with Gasteiger partial charge in [-0.1, -0.05) is 41.7 Å². The highest BCUT2D eigenvalue weighted by atomic mass is 32.1. The second kappa shape index (κ2) is 7.61. The van der Waals surface area contributed by atoms with Crippen LogP contribution in [0, 0.1) is 13.8 Å². The summed E-state index contributed by atoms with van der Waals surface area (Å²) in [5, 5.41) is 12.7. The maximum atomic E-state index is 12.7. The zero-order valence-electron chi connectivity index (χ0n) is 15.3. The van der Waals surface area contributed by atoms with Crippen molar-refractivity contribution in [2.75, 3.05) is 5.32 Å². The third kappa shape index (κ3) is 3.58. The summed E-state index contributed by atoms with van der Waals surface area (Å²) in [5.74, 6) is -0.221. The molecule has 0 aliphatic rings. The largest absolute Gasteiger partial charge is 0.300 e. The van der Waals surface area contributed by atoms with Crippen molar-refractivity contribution >= 4 is 43.9 Å². The molecular formula is C19H17N5O2S2. The molecule has 0 bridgehead atoms. The fourth-order valence-corrected chi connectivity index (χ4v) is 4.56. The SMILES string of the molecule is Cc1sc2ncn(CCC(=O)Nc3nnc(-c4ccccc4)s3)c(=O)c2c1C. The summed E-state index contributed by atoms with van der Waals surface area (Å²) in [6, 6.07) is 9.66. The van der Waals surface area contributed by atoms with Crippen molar-refractivity contribution < 1.29 is 4.79 Å². The number of aromatic nitrogens is 4. The van der Waals surface area contributed by atoms with Crippen molar-refractivity contribution in [3.05, 3.63) is 57.5 Å². The first kappa shape index (κ1) is 18.5. The molecule has 0 atom stereocenters. The number of carbonyl (C=O) groups is 1. The fraction of sp³-hybridized carbons (Fsp3) is 0.211. The van der Waals surface area contributed by atoms with Crippen molar-refractivity contribution in [3.63, 3.8) is 0 Å². The van der Waals surface area contributed by atoms with Crippen LogP contribution in [-0.4, -0.2) is 25.7 Å². The highest BCUT2D eigenvalue weighted by molar-refractivity contribution is 7.19. The van der Waals surface area contributed by atoms with Crippen molar-refractivity contribution in [1.29, 1.82) is 0 Å². The molecule has 4 aromatic rings. The van der Waals surface area contributed by atoms with Crippen LogP contribution < -0.4 is 10.9 Å². The molecule has 0 spiro atoms. The summed E-state index contributed by atoms with van der Waals surface area (Å²) in [7, 11) is 0. The molecule has 4 rings (SSSR count). The van der Waals surface area contributed by atoms with Crippen molar-refractivity contribution in [3.8, 4) is 10.6 Å². The molecule has 3 aromatic heterocycles. The number of aryl methyl sites for hydroxylation is 3. The molecular weight excluding hydrogens is 394 g/mol. The van der Waals surface area contributed by atoms with Crippen LogP contribution in [-0.2, 0) is 11.3 Å². The van der Waals surface area contributed by atoms with E-state index in [1.54, 1.807) is 0 Å². The topological polar surface area (TPSA) is 89.8 Å². The van der Waals surface area contributed by atoms with E-state index >= 15 is 0 Å². The summed E-state index contributed by atoms with van der Waals surface area (Å²) in [5.41, 5.74) is 1.80. The highest BCUT2D eigenvalue weighted by Gasteiger charge is 2.14. The fourth-order valence-electron chi connectivity index (χ4n) is 2.80. The first-order valence-electron chi connectivity index (χ1n) is 8.67.